The molecular formula is C38H72O2. The SMILES string of the molecule is CCCCC/C=C\C/C=C\CCCCCCCC(=O)OCCC(C)CCC[C@H](C)CCC[C@H](C)CCCC(C)C. The molecule has 0 aromatic carbocycles. The van der Waals surface area contributed by atoms with E-state index in [1.807, 2.05) is 0 Å². The lowest BCUT2D eigenvalue weighted by molar-refractivity contribution is -0.144. The van der Waals surface area contributed by atoms with Crippen molar-refractivity contribution in [3.05, 3.63) is 24.3 Å². The Hall–Kier alpha value is -1.05. The average Bonchev–Trinajstić information content (AvgIpc) is 2.90. The highest BCUT2D eigenvalue weighted by molar-refractivity contribution is 5.69. The van der Waals surface area contributed by atoms with E-state index in [0.29, 0.717) is 18.9 Å². The Kier molecular flexibility index (Phi) is 28.7. The first-order chi connectivity index (χ1) is 19.3. The van der Waals surface area contributed by atoms with E-state index in [9.17, 15) is 4.79 Å². The maximum atomic E-state index is 12.1. The molecule has 0 saturated carbocycles. The first kappa shape index (κ1) is 39.0. The normalized spacial score (nSPS) is 14.4. The van der Waals surface area contributed by atoms with Crippen LogP contribution < -0.4 is 0 Å². The topological polar surface area (TPSA) is 26.3 Å². The van der Waals surface area contributed by atoms with E-state index in [2.05, 4.69) is 65.8 Å². The molecule has 40 heavy (non-hydrogen) atoms. The van der Waals surface area contributed by atoms with Crippen molar-refractivity contribution in [3.8, 4) is 0 Å². The summed E-state index contributed by atoms with van der Waals surface area (Å²) in [7, 11) is 0. The summed E-state index contributed by atoms with van der Waals surface area (Å²) in [6.45, 7) is 14.7. The first-order valence-corrected chi connectivity index (χ1v) is 17.8. The molecule has 0 aromatic heterocycles. The van der Waals surface area contributed by atoms with Gasteiger partial charge in [-0.05, 0) is 68.6 Å². The number of rotatable bonds is 29. The summed E-state index contributed by atoms with van der Waals surface area (Å²) in [6, 6.07) is 0. The van der Waals surface area contributed by atoms with Gasteiger partial charge in [0.15, 0.2) is 0 Å². The van der Waals surface area contributed by atoms with Gasteiger partial charge in [-0.3, -0.25) is 4.79 Å². The molecule has 0 amide bonds. The van der Waals surface area contributed by atoms with Gasteiger partial charge < -0.3 is 4.74 Å². The lowest BCUT2D eigenvalue weighted by atomic mass is 9.91. The molecule has 0 radical (unpaired) electrons. The molecule has 0 spiro atoms. The standard InChI is InChI=1S/C38H72O2/c1-7-8-9-10-11-12-13-14-15-16-17-18-19-20-21-31-38(39)40-33-32-37(6)30-24-29-36(5)28-23-27-35(4)26-22-25-34(2)3/h11-12,14-15,34-37H,7-10,13,16-33H2,1-6H3/b12-11-,15-14-/t35-,36-,37?/m1/s1. The van der Waals surface area contributed by atoms with Crippen molar-refractivity contribution in [1.29, 1.82) is 0 Å². The van der Waals surface area contributed by atoms with Gasteiger partial charge in [0.05, 0.1) is 6.61 Å². The van der Waals surface area contributed by atoms with Crippen molar-refractivity contribution in [2.45, 2.75) is 183 Å². The van der Waals surface area contributed by atoms with E-state index in [4.69, 9.17) is 4.74 Å². The van der Waals surface area contributed by atoms with Gasteiger partial charge in [-0.25, -0.2) is 0 Å². The molecule has 0 rings (SSSR count). The summed E-state index contributed by atoms with van der Waals surface area (Å²) in [6.07, 6.45) is 36.5. The number of hydrogen-bond acceptors (Lipinski definition) is 2. The molecule has 0 N–H and O–H groups in total. The summed E-state index contributed by atoms with van der Waals surface area (Å²) in [5.74, 6) is 3.24. The van der Waals surface area contributed by atoms with Crippen LogP contribution in [0.3, 0.4) is 0 Å². The zero-order valence-electron chi connectivity index (χ0n) is 28.2. The van der Waals surface area contributed by atoms with Gasteiger partial charge in [-0.1, -0.05) is 156 Å². The summed E-state index contributed by atoms with van der Waals surface area (Å²) in [4.78, 5) is 12.1. The fourth-order valence-corrected chi connectivity index (χ4v) is 5.46. The third-order valence-corrected chi connectivity index (χ3v) is 8.47. The van der Waals surface area contributed by atoms with Gasteiger partial charge in [0, 0.05) is 6.42 Å². The van der Waals surface area contributed by atoms with Crippen LogP contribution in [0.1, 0.15) is 183 Å². The highest BCUT2D eigenvalue weighted by Gasteiger charge is 2.09. The lowest BCUT2D eigenvalue weighted by Gasteiger charge is -2.16. The van der Waals surface area contributed by atoms with Gasteiger partial charge in [-0.2, -0.15) is 0 Å². The van der Waals surface area contributed by atoms with Gasteiger partial charge in [0.25, 0.3) is 0 Å². The van der Waals surface area contributed by atoms with Crippen LogP contribution >= 0.6 is 0 Å². The Morgan fingerprint density at radius 3 is 1.57 bits per heavy atom. The molecule has 0 saturated heterocycles. The van der Waals surface area contributed by atoms with Crippen LogP contribution in [0.4, 0.5) is 0 Å². The van der Waals surface area contributed by atoms with Crippen LogP contribution in [0.15, 0.2) is 24.3 Å². The van der Waals surface area contributed by atoms with Crippen molar-refractivity contribution in [1.82, 2.24) is 0 Å². The average molecular weight is 561 g/mol. The number of carbonyl (C=O) groups is 1. The fourth-order valence-electron chi connectivity index (χ4n) is 5.46. The fraction of sp³-hybridized carbons (Fsp3) is 0.868. The number of unbranched alkanes of at least 4 members (excludes halogenated alkanes) is 8. The highest BCUT2D eigenvalue weighted by atomic mass is 16.5. The van der Waals surface area contributed by atoms with Crippen molar-refractivity contribution in [2.24, 2.45) is 23.7 Å². The smallest absolute Gasteiger partial charge is 0.305 e. The Labute approximate surface area is 252 Å². The highest BCUT2D eigenvalue weighted by Crippen LogP contribution is 2.22. The van der Waals surface area contributed by atoms with Crippen molar-refractivity contribution >= 4 is 5.97 Å². The van der Waals surface area contributed by atoms with E-state index in [1.165, 1.54) is 109 Å². The molecular weight excluding hydrogens is 488 g/mol. The molecule has 0 aliphatic carbocycles. The Morgan fingerprint density at radius 1 is 0.550 bits per heavy atom. The predicted octanol–water partition coefficient (Wildman–Crippen LogP) is 12.8. The molecule has 0 aromatic rings. The minimum Gasteiger partial charge on any atom is -0.466 e. The second-order valence-electron chi connectivity index (χ2n) is 13.5. The Bertz CT molecular complexity index is 590. The first-order valence-electron chi connectivity index (χ1n) is 17.8. The zero-order valence-corrected chi connectivity index (χ0v) is 28.2. The molecule has 0 bridgehead atoms. The number of allylic oxidation sites excluding steroid dienone is 4. The number of ether oxygens (including phenoxy) is 1. The second-order valence-corrected chi connectivity index (χ2v) is 13.5. The van der Waals surface area contributed by atoms with E-state index in [0.717, 1.165) is 43.4 Å². The Balaban J connectivity index is 3.52. The minimum absolute atomic E-state index is 0.00457. The van der Waals surface area contributed by atoms with Gasteiger partial charge in [0.1, 0.15) is 0 Å². The van der Waals surface area contributed by atoms with E-state index in [-0.39, 0.29) is 5.97 Å². The molecule has 236 valence electrons. The summed E-state index contributed by atoms with van der Waals surface area (Å²) < 4.78 is 5.52. The largest absolute Gasteiger partial charge is 0.466 e. The molecule has 1 unspecified atom stereocenters. The quantitative estimate of drug-likeness (QED) is 0.0516. The van der Waals surface area contributed by atoms with Gasteiger partial charge in [0.2, 0.25) is 0 Å². The van der Waals surface area contributed by atoms with E-state index in [1.54, 1.807) is 0 Å². The van der Waals surface area contributed by atoms with Crippen LogP contribution in [0.2, 0.25) is 0 Å². The predicted molar refractivity (Wildman–Crippen MR) is 179 cm³/mol. The summed E-state index contributed by atoms with van der Waals surface area (Å²) in [5, 5.41) is 0. The van der Waals surface area contributed by atoms with Crippen LogP contribution in [-0.4, -0.2) is 12.6 Å². The van der Waals surface area contributed by atoms with E-state index < -0.39 is 0 Å². The number of hydrogen-bond donors (Lipinski definition) is 0. The van der Waals surface area contributed by atoms with Crippen molar-refractivity contribution < 1.29 is 9.53 Å². The molecule has 3 atom stereocenters. The van der Waals surface area contributed by atoms with Crippen molar-refractivity contribution in [3.63, 3.8) is 0 Å². The maximum absolute atomic E-state index is 12.1. The monoisotopic (exact) mass is 561 g/mol. The van der Waals surface area contributed by atoms with Crippen LogP contribution in [0.5, 0.6) is 0 Å². The van der Waals surface area contributed by atoms with Crippen LogP contribution in [0.25, 0.3) is 0 Å². The molecule has 0 fully saturated rings. The maximum Gasteiger partial charge on any atom is 0.305 e. The second kappa shape index (κ2) is 29.4. The van der Waals surface area contributed by atoms with Gasteiger partial charge >= 0.3 is 5.97 Å². The molecule has 0 heterocycles. The number of esters is 1. The van der Waals surface area contributed by atoms with Gasteiger partial charge in [-0.15, -0.1) is 0 Å². The summed E-state index contributed by atoms with van der Waals surface area (Å²) in [5.41, 5.74) is 0. The van der Waals surface area contributed by atoms with E-state index >= 15 is 0 Å². The third-order valence-electron chi connectivity index (χ3n) is 8.47. The molecule has 0 aliphatic rings. The zero-order chi connectivity index (χ0) is 29.7. The number of carbonyl (C=O) groups excluding carboxylic acids is 1. The van der Waals surface area contributed by atoms with Crippen molar-refractivity contribution in [2.75, 3.05) is 6.61 Å². The molecule has 0 aliphatic heterocycles. The Morgan fingerprint density at radius 2 is 1.02 bits per heavy atom. The minimum atomic E-state index is 0.00457. The molecule has 2 heteroatoms. The van der Waals surface area contributed by atoms with Crippen LogP contribution in [0, 0.1) is 23.7 Å². The molecule has 2 nitrogen and oxygen atoms in total. The van der Waals surface area contributed by atoms with Crippen LogP contribution in [-0.2, 0) is 9.53 Å². The lowest BCUT2D eigenvalue weighted by Crippen LogP contribution is -2.09. The summed E-state index contributed by atoms with van der Waals surface area (Å²) >= 11 is 0. The third kappa shape index (κ3) is 29.9.